The van der Waals surface area contributed by atoms with Gasteiger partial charge in [-0.1, -0.05) is 12.1 Å². The number of carbonyl (C=O) groups excluding carboxylic acids is 1. The molecular weight excluding hydrogens is 208 g/mol. The minimum Gasteiger partial charge on any atom is -0.496 e. The number of methoxy groups -OCH3 is 2. The first-order valence-electron chi connectivity index (χ1n) is 4.75. The van der Waals surface area contributed by atoms with Gasteiger partial charge < -0.3 is 14.6 Å². The average molecular weight is 222 g/mol. The Morgan fingerprint density at radius 1 is 1.44 bits per heavy atom. The summed E-state index contributed by atoms with van der Waals surface area (Å²) in [4.78, 5) is 11.0. The van der Waals surface area contributed by atoms with E-state index in [0.29, 0.717) is 16.9 Å². The van der Waals surface area contributed by atoms with E-state index in [4.69, 9.17) is 9.84 Å². The first-order valence-corrected chi connectivity index (χ1v) is 4.75. The summed E-state index contributed by atoms with van der Waals surface area (Å²) in [5.41, 5.74) is 1.37. The van der Waals surface area contributed by atoms with Gasteiger partial charge in [0.15, 0.2) is 0 Å². The third-order valence-electron chi connectivity index (χ3n) is 2.13. The zero-order valence-corrected chi connectivity index (χ0v) is 9.27. The highest BCUT2D eigenvalue weighted by atomic mass is 16.5. The molecule has 0 aliphatic heterocycles. The predicted octanol–water partition coefficient (Wildman–Crippen LogP) is 1.37. The Morgan fingerprint density at radius 2 is 2.19 bits per heavy atom. The molecule has 1 rings (SSSR count). The summed E-state index contributed by atoms with van der Waals surface area (Å²) in [6.07, 6.45) is 2.85. The van der Waals surface area contributed by atoms with E-state index in [0.717, 1.165) is 0 Å². The molecule has 4 heteroatoms. The molecule has 0 radical (unpaired) electrons. The van der Waals surface area contributed by atoms with Crippen LogP contribution in [0.5, 0.6) is 5.75 Å². The Balaban J connectivity index is 3.08. The average Bonchev–Trinajstić information content (AvgIpc) is 2.35. The van der Waals surface area contributed by atoms with Gasteiger partial charge in [-0.3, -0.25) is 0 Å². The molecule has 0 saturated heterocycles. The fourth-order valence-corrected chi connectivity index (χ4v) is 1.31. The van der Waals surface area contributed by atoms with Crippen LogP contribution in [-0.4, -0.2) is 25.3 Å². The lowest BCUT2D eigenvalue weighted by atomic mass is 10.1. The van der Waals surface area contributed by atoms with Crippen LogP contribution >= 0.6 is 0 Å². The summed E-state index contributed by atoms with van der Waals surface area (Å²) >= 11 is 0. The van der Waals surface area contributed by atoms with E-state index < -0.39 is 5.97 Å². The zero-order valence-electron chi connectivity index (χ0n) is 9.27. The van der Waals surface area contributed by atoms with Gasteiger partial charge in [-0.25, -0.2) is 4.79 Å². The van der Waals surface area contributed by atoms with Gasteiger partial charge in [0.25, 0.3) is 0 Å². The van der Waals surface area contributed by atoms with E-state index in [1.807, 2.05) is 0 Å². The second-order valence-electron chi connectivity index (χ2n) is 3.05. The number of aliphatic hydroxyl groups is 1. The van der Waals surface area contributed by atoms with Gasteiger partial charge >= 0.3 is 5.97 Å². The van der Waals surface area contributed by atoms with Gasteiger partial charge in [0.2, 0.25) is 0 Å². The molecule has 4 nitrogen and oxygen atoms in total. The van der Waals surface area contributed by atoms with Crippen molar-refractivity contribution in [3.8, 4) is 5.75 Å². The molecule has 0 aromatic heterocycles. The number of rotatable bonds is 4. The van der Waals surface area contributed by atoms with E-state index in [-0.39, 0.29) is 6.61 Å². The number of benzene rings is 1. The third-order valence-corrected chi connectivity index (χ3v) is 2.13. The van der Waals surface area contributed by atoms with Crippen LogP contribution in [0, 0.1) is 0 Å². The number of hydrogen-bond donors (Lipinski definition) is 1. The first kappa shape index (κ1) is 12.3. The molecule has 0 fully saturated rings. The number of carbonyl (C=O) groups is 1. The highest BCUT2D eigenvalue weighted by Gasteiger charge is 2.05. The Morgan fingerprint density at radius 3 is 2.75 bits per heavy atom. The molecule has 16 heavy (non-hydrogen) atoms. The molecule has 0 atom stereocenters. The molecule has 86 valence electrons. The molecule has 0 amide bonds. The maximum Gasteiger partial charge on any atom is 0.330 e. The van der Waals surface area contributed by atoms with E-state index in [1.165, 1.54) is 20.3 Å². The second kappa shape index (κ2) is 5.92. The van der Waals surface area contributed by atoms with Crippen LogP contribution in [0.3, 0.4) is 0 Å². The van der Waals surface area contributed by atoms with Gasteiger partial charge in [0.05, 0.1) is 20.8 Å². The quantitative estimate of drug-likeness (QED) is 0.617. The molecule has 1 aromatic carbocycles. The summed E-state index contributed by atoms with van der Waals surface area (Å²) in [5, 5.41) is 9.16. The first-order chi connectivity index (χ1) is 7.72. The van der Waals surface area contributed by atoms with Crippen molar-refractivity contribution in [1.82, 2.24) is 0 Å². The van der Waals surface area contributed by atoms with Crippen LogP contribution in [0.1, 0.15) is 11.1 Å². The molecular formula is C12H14O4. The van der Waals surface area contributed by atoms with E-state index in [1.54, 1.807) is 24.3 Å². The molecule has 1 N–H and O–H groups in total. The molecule has 0 saturated carbocycles. The third kappa shape index (κ3) is 2.84. The zero-order chi connectivity index (χ0) is 12.0. The smallest absolute Gasteiger partial charge is 0.330 e. The number of ether oxygens (including phenoxy) is 2. The Labute approximate surface area is 94.1 Å². The summed E-state index contributed by atoms with van der Waals surface area (Å²) < 4.78 is 9.63. The predicted molar refractivity (Wildman–Crippen MR) is 60.0 cm³/mol. The normalized spacial score (nSPS) is 10.4. The highest BCUT2D eigenvalue weighted by molar-refractivity contribution is 5.87. The van der Waals surface area contributed by atoms with Crippen molar-refractivity contribution in [2.45, 2.75) is 6.61 Å². The Kier molecular flexibility index (Phi) is 4.54. The number of aliphatic hydroxyl groups excluding tert-OH is 1. The van der Waals surface area contributed by atoms with Crippen LogP contribution in [0.4, 0.5) is 0 Å². The van der Waals surface area contributed by atoms with Crippen molar-refractivity contribution < 1.29 is 19.4 Å². The standard InChI is InChI=1S/C12H14O4/c1-15-11-5-3-4-9(8-13)10(11)6-7-12(14)16-2/h3-7,13H,8H2,1-2H3/b7-6+. The maximum atomic E-state index is 11.0. The van der Waals surface area contributed by atoms with Crippen LogP contribution in [-0.2, 0) is 16.1 Å². The SMILES string of the molecule is COC(=O)/C=C/c1c(CO)cccc1OC. The molecule has 0 heterocycles. The molecule has 0 aliphatic carbocycles. The van der Waals surface area contributed by atoms with Gasteiger partial charge in [0, 0.05) is 11.6 Å². The fraction of sp³-hybridized carbons (Fsp3) is 0.250. The van der Waals surface area contributed by atoms with Gasteiger partial charge in [-0.15, -0.1) is 0 Å². The minimum absolute atomic E-state index is 0.113. The van der Waals surface area contributed by atoms with Gasteiger partial charge in [-0.2, -0.15) is 0 Å². The summed E-state index contributed by atoms with van der Waals surface area (Å²) in [6.45, 7) is -0.113. The molecule has 0 bridgehead atoms. The van der Waals surface area contributed by atoms with E-state index >= 15 is 0 Å². The fourth-order valence-electron chi connectivity index (χ4n) is 1.31. The number of esters is 1. The van der Waals surface area contributed by atoms with Crippen molar-refractivity contribution in [2.75, 3.05) is 14.2 Å². The lowest BCUT2D eigenvalue weighted by Gasteiger charge is -2.08. The molecule has 0 unspecified atom stereocenters. The maximum absolute atomic E-state index is 11.0. The molecule has 0 spiro atoms. The topological polar surface area (TPSA) is 55.8 Å². The Hall–Kier alpha value is -1.81. The minimum atomic E-state index is -0.449. The summed E-state index contributed by atoms with van der Waals surface area (Å²) in [5.74, 6) is 0.154. The lowest BCUT2D eigenvalue weighted by molar-refractivity contribution is -0.134. The lowest BCUT2D eigenvalue weighted by Crippen LogP contribution is -1.96. The van der Waals surface area contributed by atoms with Crippen molar-refractivity contribution >= 4 is 12.0 Å². The van der Waals surface area contributed by atoms with E-state index in [2.05, 4.69) is 4.74 Å². The summed E-state index contributed by atoms with van der Waals surface area (Å²) in [7, 11) is 2.84. The number of hydrogen-bond acceptors (Lipinski definition) is 4. The van der Waals surface area contributed by atoms with Crippen LogP contribution in [0.25, 0.3) is 6.08 Å². The monoisotopic (exact) mass is 222 g/mol. The van der Waals surface area contributed by atoms with Gasteiger partial charge in [-0.05, 0) is 17.7 Å². The second-order valence-corrected chi connectivity index (χ2v) is 3.05. The molecule has 1 aromatic rings. The van der Waals surface area contributed by atoms with E-state index in [9.17, 15) is 4.79 Å². The van der Waals surface area contributed by atoms with Crippen molar-refractivity contribution in [1.29, 1.82) is 0 Å². The van der Waals surface area contributed by atoms with Crippen molar-refractivity contribution in [2.24, 2.45) is 0 Å². The van der Waals surface area contributed by atoms with Crippen molar-refractivity contribution in [3.05, 3.63) is 35.4 Å². The van der Waals surface area contributed by atoms with Crippen LogP contribution in [0.15, 0.2) is 24.3 Å². The van der Waals surface area contributed by atoms with Crippen LogP contribution in [0.2, 0.25) is 0 Å². The van der Waals surface area contributed by atoms with Crippen molar-refractivity contribution in [3.63, 3.8) is 0 Å². The largest absolute Gasteiger partial charge is 0.496 e. The molecule has 0 aliphatic rings. The van der Waals surface area contributed by atoms with Gasteiger partial charge in [0.1, 0.15) is 5.75 Å². The highest BCUT2D eigenvalue weighted by Crippen LogP contribution is 2.23. The summed E-state index contributed by atoms with van der Waals surface area (Å²) in [6, 6.07) is 5.30. The Bertz CT molecular complexity index is 374. The van der Waals surface area contributed by atoms with Crippen LogP contribution < -0.4 is 4.74 Å².